The maximum atomic E-state index is 13.4. The van der Waals surface area contributed by atoms with Crippen molar-refractivity contribution >= 4 is 45.6 Å². The van der Waals surface area contributed by atoms with Crippen LogP contribution < -0.4 is 15.6 Å². The molecule has 13 heteroatoms. The number of imide groups is 1. The van der Waals surface area contributed by atoms with E-state index in [1.54, 1.807) is 18.2 Å². The summed E-state index contributed by atoms with van der Waals surface area (Å²) in [6.07, 6.45) is 5.93. The molecule has 2 unspecified atom stereocenters. The minimum Gasteiger partial charge on any atom is -0.491 e. The van der Waals surface area contributed by atoms with E-state index in [1.807, 2.05) is 44.4 Å². The highest BCUT2D eigenvalue weighted by Crippen LogP contribution is 2.40. The van der Waals surface area contributed by atoms with E-state index in [2.05, 4.69) is 30.2 Å². The topological polar surface area (TPSA) is 168 Å². The van der Waals surface area contributed by atoms with Crippen molar-refractivity contribution < 1.29 is 19.4 Å². The van der Waals surface area contributed by atoms with Gasteiger partial charge in [0.1, 0.15) is 29.8 Å². The third-order valence-corrected chi connectivity index (χ3v) is 9.53. The summed E-state index contributed by atoms with van der Waals surface area (Å²) < 4.78 is 5.89. The lowest BCUT2D eigenvalue weighted by molar-refractivity contribution is 0.0516. The molecule has 6 heterocycles. The number of allylic oxidation sites excluding steroid dienone is 1. The molecule has 1 saturated heterocycles. The summed E-state index contributed by atoms with van der Waals surface area (Å²) in [5.41, 5.74) is 5.70. The van der Waals surface area contributed by atoms with Gasteiger partial charge >= 0.3 is 0 Å². The summed E-state index contributed by atoms with van der Waals surface area (Å²) in [5, 5.41) is 13.9. The Morgan fingerprint density at radius 3 is 2.69 bits per heavy atom. The van der Waals surface area contributed by atoms with Gasteiger partial charge in [0.2, 0.25) is 0 Å². The second kappa shape index (κ2) is 11.7. The SMILES string of the molecule is CC1=NC=CC2C1=Nc1cc(OCC(O)CNc3cc[nH]c(=O)c3-c3nc4cc5c(cc4[nH]3)C(=O)N(C3CCN(C)CC3)C5=O)ccc12. The van der Waals surface area contributed by atoms with Crippen LogP contribution in [0.15, 0.2) is 69.7 Å². The predicted octanol–water partition coefficient (Wildman–Crippen LogP) is 3.62. The molecule has 13 nitrogen and oxygen atoms in total. The monoisotopic (exact) mass is 646 g/mol. The number of amides is 2. The number of ether oxygens (including phenoxy) is 1. The summed E-state index contributed by atoms with van der Waals surface area (Å²) in [4.78, 5) is 62.9. The molecule has 48 heavy (non-hydrogen) atoms. The highest BCUT2D eigenvalue weighted by Gasteiger charge is 2.41. The zero-order valence-electron chi connectivity index (χ0n) is 26.5. The molecule has 2 atom stereocenters. The number of anilines is 1. The molecule has 0 aliphatic carbocycles. The molecule has 4 N–H and O–H groups in total. The highest BCUT2D eigenvalue weighted by molar-refractivity contribution is 6.46. The van der Waals surface area contributed by atoms with E-state index in [4.69, 9.17) is 9.73 Å². The van der Waals surface area contributed by atoms with Crippen LogP contribution in [0.2, 0.25) is 0 Å². The zero-order chi connectivity index (χ0) is 33.1. The van der Waals surface area contributed by atoms with Gasteiger partial charge in [-0.15, -0.1) is 0 Å². The maximum absolute atomic E-state index is 13.4. The Labute approximate surface area is 275 Å². The summed E-state index contributed by atoms with van der Waals surface area (Å²) in [6, 6.07) is 10.5. The van der Waals surface area contributed by atoms with Gasteiger partial charge in [0.05, 0.1) is 50.9 Å². The maximum Gasteiger partial charge on any atom is 0.261 e. The molecule has 4 aromatic rings. The van der Waals surface area contributed by atoms with Gasteiger partial charge in [-0.3, -0.25) is 29.3 Å². The number of carbonyl (C=O) groups is 2. The third kappa shape index (κ3) is 5.11. The first kappa shape index (κ1) is 30.0. The van der Waals surface area contributed by atoms with Crippen molar-refractivity contribution in [2.45, 2.75) is 37.8 Å². The summed E-state index contributed by atoms with van der Waals surface area (Å²) in [6.45, 7) is 3.71. The molecule has 0 saturated carbocycles. The summed E-state index contributed by atoms with van der Waals surface area (Å²) in [7, 11) is 2.03. The smallest absolute Gasteiger partial charge is 0.261 e. The number of hydrogen-bond acceptors (Lipinski definition) is 10. The molecule has 0 spiro atoms. The Kier molecular flexibility index (Phi) is 7.30. The van der Waals surface area contributed by atoms with Crippen LogP contribution in [0.3, 0.4) is 0 Å². The second-order valence-corrected chi connectivity index (χ2v) is 12.7. The van der Waals surface area contributed by atoms with Crippen molar-refractivity contribution in [3.8, 4) is 17.1 Å². The number of likely N-dealkylation sites (tertiary alicyclic amines) is 1. The van der Waals surface area contributed by atoms with Crippen LogP contribution in [0.4, 0.5) is 11.4 Å². The molecule has 2 amide bonds. The van der Waals surface area contributed by atoms with E-state index in [0.29, 0.717) is 33.6 Å². The Bertz CT molecular complexity index is 2080. The number of aliphatic imine (C=N–C) groups is 2. The first-order chi connectivity index (χ1) is 23.2. The fourth-order valence-corrected chi connectivity index (χ4v) is 6.93. The number of H-pyrrole nitrogens is 2. The highest BCUT2D eigenvalue weighted by atomic mass is 16.5. The van der Waals surface area contributed by atoms with Gasteiger partial charge in [0, 0.05) is 31.0 Å². The average Bonchev–Trinajstić information content (AvgIpc) is 3.74. The van der Waals surface area contributed by atoms with Crippen LogP contribution >= 0.6 is 0 Å². The minimum atomic E-state index is -0.903. The van der Waals surface area contributed by atoms with E-state index in [9.17, 15) is 19.5 Å². The lowest BCUT2D eigenvalue weighted by atomic mass is 9.92. The van der Waals surface area contributed by atoms with Gasteiger partial charge in [-0.2, -0.15) is 0 Å². The number of nitrogens with one attached hydrogen (secondary N) is 3. The fourth-order valence-electron chi connectivity index (χ4n) is 6.93. The lowest BCUT2D eigenvalue weighted by Crippen LogP contribution is -2.46. The zero-order valence-corrected chi connectivity index (χ0v) is 26.5. The first-order valence-corrected chi connectivity index (χ1v) is 16.1. The second-order valence-electron chi connectivity index (χ2n) is 12.7. The predicted molar refractivity (Wildman–Crippen MR) is 182 cm³/mol. The molecule has 0 bridgehead atoms. The molecule has 2 aromatic heterocycles. The van der Waals surface area contributed by atoms with Crippen molar-refractivity contribution in [3.05, 3.63) is 81.9 Å². The molecule has 4 aliphatic heterocycles. The molecule has 2 aromatic carbocycles. The Morgan fingerprint density at radius 1 is 1.08 bits per heavy atom. The van der Waals surface area contributed by atoms with Crippen LogP contribution in [0.25, 0.3) is 22.4 Å². The van der Waals surface area contributed by atoms with Crippen LogP contribution in [0.5, 0.6) is 5.75 Å². The van der Waals surface area contributed by atoms with Crippen molar-refractivity contribution in [1.29, 1.82) is 0 Å². The number of pyridine rings is 1. The number of carbonyl (C=O) groups excluding carboxylic acids is 2. The van der Waals surface area contributed by atoms with Crippen molar-refractivity contribution in [2.24, 2.45) is 9.98 Å². The van der Waals surface area contributed by atoms with Gasteiger partial charge < -0.3 is 30.0 Å². The number of hydrogen-bond donors (Lipinski definition) is 4. The third-order valence-electron chi connectivity index (χ3n) is 9.53. The number of aromatic amines is 2. The van der Waals surface area contributed by atoms with Crippen LogP contribution in [0.1, 0.15) is 52.0 Å². The Hall–Kier alpha value is -5.40. The summed E-state index contributed by atoms with van der Waals surface area (Å²) >= 11 is 0. The van der Waals surface area contributed by atoms with Gasteiger partial charge in [-0.25, -0.2) is 4.98 Å². The quantitative estimate of drug-likeness (QED) is 0.211. The Balaban J connectivity index is 0.962. The molecule has 1 fully saturated rings. The molecule has 0 radical (unpaired) electrons. The van der Waals surface area contributed by atoms with Crippen molar-refractivity contribution in [2.75, 3.05) is 38.6 Å². The van der Waals surface area contributed by atoms with Crippen LogP contribution in [-0.2, 0) is 0 Å². The van der Waals surface area contributed by atoms with Crippen LogP contribution in [-0.4, -0.2) is 98.5 Å². The van der Waals surface area contributed by atoms with Crippen molar-refractivity contribution in [3.63, 3.8) is 0 Å². The van der Waals surface area contributed by atoms with Gasteiger partial charge in [-0.05, 0) is 69.7 Å². The van der Waals surface area contributed by atoms with Crippen LogP contribution in [0, 0.1) is 0 Å². The van der Waals surface area contributed by atoms with Gasteiger partial charge in [0.25, 0.3) is 17.4 Å². The largest absolute Gasteiger partial charge is 0.491 e. The number of nitrogens with zero attached hydrogens (tertiary/aromatic N) is 5. The number of benzene rings is 2. The minimum absolute atomic E-state index is 0.0114. The van der Waals surface area contributed by atoms with E-state index < -0.39 is 11.7 Å². The molecule has 244 valence electrons. The Morgan fingerprint density at radius 2 is 1.88 bits per heavy atom. The number of aliphatic hydroxyl groups excluding tert-OH is 1. The fraction of sp³-hybridized carbons (Fsp3) is 0.314. The van der Waals surface area contributed by atoms with Gasteiger partial charge in [0.15, 0.2) is 0 Å². The molecular weight excluding hydrogens is 612 g/mol. The van der Waals surface area contributed by atoms with E-state index >= 15 is 0 Å². The standard InChI is InChI=1S/C35H34N8O5/c1-18-31-23(5-9-36-18)22-4-3-21(13-27(22)39-31)48-17-20(44)16-38-26-6-10-37-33(45)30(26)32-40-28-14-24-25(15-29(28)41-32)35(47)43(34(24)46)19-7-11-42(2)12-8-19/h3-6,9-10,13-15,19-20,23,44H,7-8,11-12,16-17H2,1-2H3,(H,40,41)(H2,37,38,45). The van der Waals surface area contributed by atoms with E-state index in [0.717, 1.165) is 48.6 Å². The first-order valence-electron chi connectivity index (χ1n) is 16.1. The average molecular weight is 647 g/mol. The van der Waals surface area contributed by atoms with Crippen molar-refractivity contribution in [1.82, 2.24) is 24.8 Å². The van der Waals surface area contributed by atoms with E-state index in [-0.39, 0.29) is 48.3 Å². The number of aliphatic hydroxyl groups is 1. The molecule has 8 rings (SSSR count). The number of aromatic nitrogens is 3. The number of rotatable bonds is 8. The molecular formula is C35H34N8O5. The van der Waals surface area contributed by atoms with Gasteiger partial charge in [-0.1, -0.05) is 12.1 Å². The summed E-state index contributed by atoms with van der Waals surface area (Å²) in [5.74, 6) is 0.353. The molecule has 4 aliphatic rings. The number of fused-ring (bicyclic) bond motifs is 5. The number of piperidine rings is 1. The normalized spacial score (nSPS) is 19.6. The van der Waals surface area contributed by atoms with E-state index in [1.165, 1.54) is 11.1 Å². The lowest BCUT2D eigenvalue weighted by Gasteiger charge is -2.33. The number of imidazole rings is 1.